The highest BCUT2D eigenvalue weighted by atomic mass is 79.9. The van der Waals surface area contributed by atoms with E-state index in [4.69, 9.17) is 9.88 Å². The number of rotatable bonds is 8. The van der Waals surface area contributed by atoms with Crippen LogP contribution in [0.15, 0.2) is 82.2 Å². The smallest absolute Gasteiger partial charge is 0.257 e. The molecule has 0 spiro atoms. The molecule has 37 heavy (non-hydrogen) atoms. The number of primary sulfonamides is 1. The minimum absolute atomic E-state index is 0.0257. The Labute approximate surface area is 223 Å². The van der Waals surface area contributed by atoms with Gasteiger partial charge in [-0.15, -0.1) is 0 Å². The summed E-state index contributed by atoms with van der Waals surface area (Å²) in [4.78, 5) is 42.5. The fourth-order valence-corrected chi connectivity index (χ4v) is 4.92. The molecule has 1 atom stereocenters. The molecule has 0 saturated carbocycles. The lowest BCUT2D eigenvalue weighted by atomic mass is 10.1. The van der Waals surface area contributed by atoms with Crippen molar-refractivity contribution >= 4 is 49.4 Å². The van der Waals surface area contributed by atoms with Crippen molar-refractivity contribution in [2.45, 2.75) is 23.8 Å². The summed E-state index contributed by atoms with van der Waals surface area (Å²) >= 11 is 3.34. The summed E-state index contributed by atoms with van der Waals surface area (Å²) in [6.45, 7) is 0.114. The molecule has 1 saturated heterocycles. The molecule has 1 heterocycles. The number of benzene rings is 3. The van der Waals surface area contributed by atoms with Gasteiger partial charge < -0.3 is 9.64 Å². The Balaban J connectivity index is 1.63. The predicted molar refractivity (Wildman–Crippen MR) is 141 cm³/mol. The van der Waals surface area contributed by atoms with Gasteiger partial charge in [0, 0.05) is 16.6 Å². The average Bonchev–Trinajstić information content (AvgIpc) is 3.17. The average molecular weight is 586 g/mol. The van der Waals surface area contributed by atoms with Crippen molar-refractivity contribution in [3.63, 3.8) is 0 Å². The number of carbonyl (C=O) groups is 3. The summed E-state index contributed by atoms with van der Waals surface area (Å²) in [6.07, 6.45) is 0.159. The number of methoxy groups -OCH3 is 1. The third kappa shape index (κ3) is 5.90. The SMILES string of the molecule is COc1cccc(C(=O)N(CCc2ccc(S(N)(=O)=O)cc2)C2CC(=O)N(c3ccc(Br)cc3)C2=O)c1. The molecule has 3 amide bonds. The zero-order chi connectivity index (χ0) is 26.7. The van der Waals surface area contributed by atoms with Crippen molar-refractivity contribution in [1.29, 1.82) is 0 Å². The quantitative estimate of drug-likeness (QED) is 0.405. The van der Waals surface area contributed by atoms with Gasteiger partial charge in [0.1, 0.15) is 11.8 Å². The van der Waals surface area contributed by atoms with Crippen molar-refractivity contribution in [2.75, 3.05) is 18.6 Å². The van der Waals surface area contributed by atoms with E-state index in [-0.39, 0.29) is 17.9 Å². The van der Waals surface area contributed by atoms with Crippen LogP contribution in [0.5, 0.6) is 5.75 Å². The van der Waals surface area contributed by atoms with Crippen LogP contribution in [0.4, 0.5) is 5.69 Å². The van der Waals surface area contributed by atoms with Gasteiger partial charge in [0.2, 0.25) is 15.9 Å². The molecule has 1 fully saturated rings. The van der Waals surface area contributed by atoms with E-state index >= 15 is 0 Å². The first-order valence-electron chi connectivity index (χ1n) is 11.3. The van der Waals surface area contributed by atoms with Gasteiger partial charge in [-0.1, -0.05) is 34.1 Å². The molecule has 1 aliphatic heterocycles. The first kappa shape index (κ1) is 26.5. The number of ether oxygens (including phenoxy) is 1. The number of amides is 3. The molecule has 4 rings (SSSR count). The van der Waals surface area contributed by atoms with Crippen LogP contribution in [0, 0.1) is 0 Å². The second-order valence-electron chi connectivity index (χ2n) is 8.43. The molecular formula is C26H24BrN3O6S. The fourth-order valence-electron chi connectivity index (χ4n) is 4.14. The van der Waals surface area contributed by atoms with E-state index in [0.29, 0.717) is 23.4 Å². The zero-order valence-electron chi connectivity index (χ0n) is 19.8. The summed E-state index contributed by atoms with van der Waals surface area (Å²) in [5.41, 5.74) is 1.47. The van der Waals surface area contributed by atoms with E-state index in [2.05, 4.69) is 15.9 Å². The second kappa shape index (κ2) is 10.8. The van der Waals surface area contributed by atoms with Gasteiger partial charge in [-0.2, -0.15) is 0 Å². The van der Waals surface area contributed by atoms with Crippen molar-refractivity contribution in [2.24, 2.45) is 5.14 Å². The summed E-state index contributed by atoms with van der Waals surface area (Å²) in [7, 11) is -2.35. The molecule has 0 aromatic heterocycles. The molecule has 11 heteroatoms. The summed E-state index contributed by atoms with van der Waals surface area (Å²) < 4.78 is 29.1. The maximum absolute atomic E-state index is 13.6. The number of halogens is 1. The lowest BCUT2D eigenvalue weighted by Crippen LogP contribution is -2.46. The van der Waals surface area contributed by atoms with Crippen LogP contribution in [-0.2, 0) is 26.0 Å². The van der Waals surface area contributed by atoms with Gasteiger partial charge in [-0.05, 0) is 66.6 Å². The molecule has 2 N–H and O–H groups in total. The number of imide groups is 1. The Morgan fingerprint density at radius 2 is 1.76 bits per heavy atom. The van der Waals surface area contributed by atoms with E-state index in [1.165, 1.54) is 24.1 Å². The van der Waals surface area contributed by atoms with Crippen LogP contribution in [-0.4, -0.2) is 50.7 Å². The molecule has 3 aromatic rings. The molecular weight excluding hydrogens is 562 g/mol. The number of nitrogens with zero attached hydrogens (tertiary/aromatic N) is 2. The van der Waals surface area contributed by atoms with Crippen molar-refractivity contribution < 1.29 is 27.5 Å². The Bertz CT molecular complexity index is 1440. The van der Waals surface area contributed by atoms with Gasteiger partial charge >= 0.3 is 0 Å². The highest BCUT2D eigenvalue weighted by Crippen LogP contribution is 2.28. The number of hydrogen-bond acceptors (Lipinski definition) is 6. The van der Waals surface area contributed by atoms with E-state index < -0.39 is 33.8 Å². The van der Waals surface area contributed by atoms with E-state index in [9.17, 15) is 22.8 Å². The molecule has 1 aliphatic rings. The summed E-state index contributed by atoms with van der Waals surface area (Å²) in [6, 6.07) is 18.3. The van der Waals surface area contributed by atoms with Crippen LogP contribution < -0.4 is 14.8 Å². The first-order valence-corrected chi connectivity index (χ1v) is 13.6. The van der Waals surface area contributed by atoms with Crippen molar-refractivity contribution in [3.8, 4) is 5.75 Å². The van der Waals surface area contributed by atoms with Gasteiger partial charge in [0.05, 0.1) is 24.1 Å². The van der Waals surface area contributed by atoms with Crippen LogP contribution in [0.25, 0.3) is 0 Å². The highest BCUT2D eigenvalue weighted by molar-refractivity contribution is 9.10. The molecule has 3 aromatic carbocycles. The largest absolute Gasteiger partial charge is 0.497 e. The van der Waals surface area contributed by atoms with Gasteiger partial charge in [-0.25, -0.2) is 18.5 Å². The second-order valence-corrected chi connectivity index (χ2v) is 10.9. The predicted octanol–water partition coefficient (Wildman–Crippen LogP) is 3.12. The molecule has 0 aliphatic carbocycles. The summed E-state index contributed by atoms with van der Waals surface area (Å²) in [5, 5.41) is 5.17. The number of nitrogens with two attached hydrogens (primary N) is 1. The van der Waals surface area contributed by atoms with E-state index in [0.717, 1.165) is 14.9 Å². The monoisotopic (exact) mass is 585 g/mol. The lowest BCUT2D eigenvalue weighted by Gasteiger charge is -2.28. The van der Waals surface area contributed by atoms with Gasteiger partial charge in [-0.3, -0.25) is 14.4 Å². The molecule has 1 unspecified atom stereocenters. The normalized spacial score (nSPS) is 15.6. The minimum Gasteiger partial charge on any atom is -0.497 e. The summed E-state index contributed by atoms with van der Waals surface area (Å²) in [5.74, 6) is -0.843. The van der Waals surface area contributed by atoms with Crippen LogP contribution in [0.2, 0.25) is 0 Å². The third-order valence-electron chi connectivity index (χ3n) is 6.05. The lowest BCUT2D eigenvalue weighted by molar-refractivity contribution is -0.122. The third-order valence-corrected chi connectivity index (χ3v) is 7.51. The topological polar surface area (TPSA) is 127 Å². The molecule has 0 radical (unpaired) electrons. The number of sulfonamides is 1. The number of carbonyl (C=O) groups excluding carboxylic acids is 3. The Hall–Kier alpha value is -3.54. The standard InChI is InChI=1S/C26H24BrN3O6S/c1-36-21-4-2-3-18(15-21)25(32)29(14-13-17-5-11-22(12-6-17)37(28,34)35)23-16-24(31)30(26(23)33)20-9-7-19(27)8-10-20/h2-12,15,23H,13-14,16H2,1H3,(H2,28,34,35). The molecule has 9 nitrogen and oxygen atoms in total. The van der Waals surface area contributed by atoms with Crippen molar-refractivity contribution in [1.82, 2.24) is 4.90 Å². The Kier molecular flexibility index (Phi) is 7.76. The maximum atomic E-state index is 13.6. The maximum Gasteiger partial charge on any atom is 0.257 e. The first-order chi connectivity index (χ1) is 17.6. The van der Waals surface area contributed by atoms with Crippen LogP contribution in [0.1, 0.15) is 22.3 Å². The van der Waals surface area contributed by atoms with Crippen LogP contribution >= 0.6 is 15.9 Å². The Morgan fingerprint density at radius 1 is 1.08 bits per heavy atom. The fraction of sp³-hybridized carbons (Fsp3) is 0.192. The van der Waals surface area contributed by atoms with Crippen LogP contribution in [0.3, 0.4) is 0 Å². The number of hydrogen-bond donors (Lipinski definition) is 1. The minimum atomic E-state index is -3.84. The van der Waals surface area contributed by atoms with Crippen molar-refractivity contribution in [3.05, 3.63) is 88.4 Å². The zero-order valence-corrected chi connectivity index (χ0v) is 22.2. The highest BCUT2D eigenvalue weighted by Gasteiger charge is 2.44. The van der Waals surface area contributed by atoms with E-state index in [1.807, 2.05) is 0 Å². The number of anilines is 1. The van der Waals surface area contributed by atoms with Gasteiger partial charge in [0.15, 0.2) is 0 Å². The van der Waals surface area contributed by atoms with E-state index in [1.54, 1.807) is 60.7 Å². The van der Waals surface area contributed by atoms with Gasteiger partial charge in [0.25, 0.3) is 11.8 Å². The molecule has 192 valence electrons. The Morgan fingerprint density at radius 3 is 2.38 bits per heavy atom. The molecule has 0 bridgehead atoms.